The molecule has 2 aromatic heterocycles. The van der Waals surface area contributed by atoms with Gasteiger partial charge >= 0.3 is 0 Å². The Morgan fingerprint density at radius 3 is 2.88 bits per heavy atom. The van der Waals surface area contributed by atoms with E-state index in [1.165, 1.54) is 19.3 Å². The van der Waals surface area contributed by atoms with Gasteiger partial charge in [-0.25, -0.2) is 4.98 Å². The van der Waals surface area contributed by atoms with E-state index in [2.05, 4.69) is 10.3 Å². The third kappa shape index (κ3) is 3.26. The maximum atomic E-state index is 12.5. The number of furan rings is 1. The highest BCUT2D eigenvalue weighted by molar-refractivity contribution is 7.13. The lowest BCUT2D eigenvalue weighted by Crippen LogP contribution is -2.54. The van der Waals surface area contributed by atoms with Crippen molar-refractivity contribution < 1.29 is 9.21 Å². The molecule has 6 heteroatoms. The maximum absolute atomic E-state index is 12.5. The van der Waals surface area contributed by atoms with Gasteiger partial charge in [-0.05, 0) is 43.6 Å². The summed E-state index contributed by atoms with van der Waals surface area (Å²) in [4.78, 5) is 17.0. The summed E-state index contributed by atoms with van der Waals surface area (Å²) in [6.07, 6.45) is 9.40. The van der Waals surface area contributed by atoms with Crippen LogP contribution in [-0.2, 0) is 11.2 Å². The van der Waals surface area contributed by atoms with E-state index >= 15 is 0 Å². The zero-order valence-corrected chi connectivity index (χ0v) is 14.4. The molecule has 0 aliphatic heterocycles. The second-order valence-electron chi connectivity index (χ2n) is 7.11. The van der Waals surface area contributed by atoms with Gasteiger partial charge in [0.2, 0.25) is 5.91 Å². The van der Waals surface area contributed by atoms with Crippen LogP contribution in [0.3, 0.4) is 0 Å². The molecule has 2 saturated carbocycles. The SMILES string of the molecule is NC1CC2CCCC(C1)C2NC(=O)Cc1csc(-c2ccoc2)n1. The van der Waals surface area contributed by atoms with E-state index in [0.717, 1.165) is 29.1 Å². The Hall–Kier alpha value is -1.66. The first-order valence-corrected chi connectivity index (χ1v) is 9.59. The zero-order valence-electron chi connectivity index (χ0n) is 13.6. The first-order valence-electron chi connectivity index (χ1n) is 8.71. The molecular weight excluding hydrogens is 322 g/mol. The quantitative estimate of drug-likeness (QED) is 0.892. The molecule has 2 bridgehead atoms. The van der Waals surface area contributed by atoms with E-state index in [4.69, 9.17) is 10.2 Å². The number of nitrogens with zero attached hydrogens (tertiary/aromatic N) is 1. The van der Waals surface area contributed by atoms with Crippen LogP contribution in [0.25, 0.3) is 10.6 Å². The lowest BCUT2D eigenvalue weighted by Gasteiger charge is -2.45. The van der Waals surface area contributed by atoms with E-state index in [-0.39, 0.29) is 5.91 Å². The molecule has 3 N–H and O–H groups in total. The average molecular weight is 345 g/mol. The predicted octanol–water partition coefficient (Wildman–Crippen LogP) is 2.97. The highest BCUT2D eigenvalue weighted by Crippen LogP contribution is 2.39. The highest BCUT2D eigenvalue weighted by Gasteiger charge is 2.39. The summed E-state index contributed by atoms with van der Waals surface area (Å²) in [5.41, 5.74) is 7.95. The van der Waals surface area contributed by atoms with Gasteiger partial charge in [-0.2, -0.15) is 0 Å². The lowest BCUT2D eigenvalue weighted by molar-refractivity contribution is -0.122. The van der Waals surface area contributed by atoms with Gasteiger partial charge < -0.3 is 15.5 Å². The van der Waals surface area contributed by atoms with Crippen molar-refractivity contribution in [3.8, 4) is 10.6 Å². The number of rotatable bonds is 4. The molecule has 2 fully saturated rings. The first kappa shape index (κ1) is 15.8. The minimum Gasteiger partial charge on any atom is -0.472 e. The molecule has 2 heterocycles. The lowest BCUT2D eigenvalue weighted by atomic mass is 9.67. The van der Waals surface area contributed by atoms with Crippen molar-refractivity contribution in [3.63, 3.8) is 0 Å². The van der Waals surface area contributed by atoms with Gasteiger partial charge in [0, 0.05) is 23.0 Å². The van der Waals surface area contributed by atoms with Crippen LogP contribution in [0, 0.1) is 11.8 Å². The van der Waals surface area contributed by atoms with Gasteiger partial charge in [0.05, 0.1) is 18.4 Å². The van der Waals surface area contributed by atoms with Crippen LogP contribution in [-0.4, -0.2) is 23.0 Å². The van der Waals surface area contributed by atoms with Crippen molar-refractivity contribution >= 4 is 17.2 Å². The predicted molar refractivity (Wildman–Crippen MR) is 93.5 cm³/mol. The van der Waals surface area contributed by atoms with Crippen LogP contribution in [0.15, 0.2) is 28.4 Å². The third-order valence-corrected chi connectivity index (χ3v) is 6.31. The number of nitrogens with one attached hydrogen (secondary N) is 1. The number of carbonyl (C=O) groups is 1. The molecule has 128 valence electrons. The largest absolute Gasteiger partial charge is 0.472 e. The van der Waals surface area contributed by atoms with Crippen LogP contribution < -0.4 is 11.1 Å². The Bertz CT molecular complexity index is 683. The summed E-state index contributed by atoms with van der Waals surface area (Å²) in [5.74, 6) is 1.18. The molecule has 2 aliphatic carbocycles. The van der Waals surface area contributed by atoms with E-state index in [1.54, 1.807) is 23.9 Å². The van der Waals surface area contributed by atoms with Gasteiger partial charge in [-0.15, -0.1) is 11.3 Å². The zero-order chi connectivity index (χ0) is 16.5. The van der Waals surface area contributed by atoms with Gasteiger partial charge in [0.25, 0.3) is 0 Å². The van der Waals surface area contributed by atoms with Crippen LogP contribution >= 0.6 is 11.3 Å². The number of amides is 1. The van der Waals surface area contributed by atoms with Gasteiger partial charge in [-0.1, -0.05) is 6.42 Å². The monoisotopic (exact) mass is 345 g/mol. The van der Waals surface area contributed by atoms with Crippen LogP contribution in [0.5, 0.6) is 0 Å². The highest BCUT2D eigenvalue weighted by atomic mass is 32.1. The first-order chi connectivity index (χ1) is 11.7. The van der Waals surface area contributed by atoms with Crippen molar-refractivity contribution in [2.24, 2.45) is 17.6 Å². The van der Waals surface area contributed by atoms with Gasteiger partial charge in [-0.3, -0.25) is 4.79 Å². The van der Waals surface area contributed by atoms with E-state index in [9.17, 15) is 4.79 Å². The molecule has 24 heavy (non-hydrogen) atoms. The molecule has 2 atom stereocenters. The maximum Gasteiger partial charge on any atom is 0.226 e. The average Bonchev–Trinajstić information content (AvgIpc) is 3.19. The standard InChI is InChI=1S/C18H23N3O2S/c19-14-6-11-2-1-3-12(7-14)17(11)21-16(22)8-15-10-24-18(20-15)13-4-5-23-9-13/h4-5,9-12,14,17H,1-3,6-8,19H2,(H,21,22). The van der Waals surface area contributed by atoms with E-state index in [0.29, 0.717) is 30.3 Å². The van der Waals surface area contributed by atoms with Crippen molar-refractivity contribution in [2.45, 2.75) is 50.6 Å². The second kappa shape index (κ2) is 6.69. The van der Waals surface area contributed by atoms with E-state index < -0.39 is 0 Å². The minimum atomic E-state index is 0.0800. The Morgan fingerprint density at radius 1 is 1.38 bits per heavy atom. The minimum absolute atomic E-state index is 0.0800. The number of carbonyl (C=O) groups excluding carboxylic acids is 1. The van der Waals surface area contributed by atoms with Gasteiger partial charge in [0.1, 0.15) is 11.3 Å². The van der Waals surface area contributed by atoms with Crippen molar-refractivity contribution in [1.29, 1.82) is 0 Å². The topological polar surface area (TPSA) is 81.1 Å². The van der Waals surface area contributed by atoms with Gasteiger partial charge in [0.15, 0.2) is 0 Å². The summed E-state index contributed by atoms with van der Waals surface area (Å²) >= 11 is 1.54. The molecule has 0 saturated heterocycles. The molecule has 2 unspecified atom stereocenters. The van der Waals surface area contributed by atoms with Crippen LogP contribution in [0.4, 0.5) is 0 Å². The fraction of sp³-hybridized carbons (Fsp3) is 0.556. The summed E-state index contributed by atoms with van der Waals surface area (Å²) in [7, 11) is 0. The van der Waals surface area contributed by atoms with E-state index in [1.807, 2.05) is 11.4 Å². The molecule has 0 spiro atoms. The summed E-state index contributed by atoms with van der Waals surface area (Å²) in [6, 6.07) is 2.50. The van der Waals surface area contributed by atoms with Crippen molar-refractivity contribution in [2.75, 3.05) is 0 Å². The van der Waals surface area contributed by atoms with Crippen LogP contribution in [0.1, 0.15) is 37.8 Å². The Kier molecular flexibility index (Phi) is 4.41. The Morgan fingerprint density at radius 2 is 2.17 bits per heavy atom. The van der Waals surface area contributed by atoms with Crippen LogP contribution in [0.2, 0.25) is 0 Å². The molecule has 4 rings (SSSR count). The number of hydrogen-bond donors (Lipinski definition) is 2. The molecule has 2 aromatic rings. The molecule has 0 aromatic carbocycles. The smallest absolute Gasteiger partial charge is 0.226 e. The van der Waals surface area contributed by atoms with Crippen molar-refractivity contribution in [1.82, 2.24) is 10.3 Å². The fourth-order valence-corrected chi connectivity index (χ4v) is 5.14. The molecular formula is C18H23N3O2S. The second-order valence-corrected chi connectivity index (χ2v) is 7.97. The summed E-state index contributed by atoms with van der Waals surface area (Å²) < 4.78 is 5.09. The number of aromatic nitrogens is 1. The number of thiazole rings is 1. The Labute approximate surface area is 145 Å². The molecule has 1 amide bonds. The number of nitrogens with two attached hydrogens (primary N) is 1. The fourth-order valence-electron chi connectivity index (χ4n) is 4.33. The molecule has 2 aliphatic rings. The Balaban J connectivity index is 1.38. The number of fused-ring (bicyclic) bond motifs is 2. The normalized spacial score (nSPS) is 29.4. The third-order valence-electron chi connectivity index (χ3n) is 5.37. The van der Waals surface area contributed by atoms with Crippen molar-refractivity contribution in [3.05, 3.63) is 29.7 Å². The number of hydrogen-bond acceptors (Lipinski definition) is 5. The molecule has 5 nitrogen and oxygen atoms in total. The summed E-state index contributed by atoms with van der Waals surface area (Å²) in [6.45, 7) is 0. The summed E-state index contributed by atoms with van der Waals surface area (Å²) in [5, 5.41) is 6.14. The molecule has 0 radical (unpaired) electrons.